The fraction of sp³-hybridized carbons (Fsp3) is 0.588. The summed E-state index contributed by atoms with van der Waals surface area (Å²) in [5.41, 5.74) is -1.10. The number of hydrogen-bond donors (Lipinski definition) is 0. The zero-order valence-corrected chi connectivity index (χ0v) is 16.5. The van der Waals surface area contributed by atoms with Gasteiger partial charge in [0.25, 0.3) is 0 Å². The molecule has 1 amide bonds. The maximum absolute atomic E-state index is 15.1. The van der Waals surface area contributed by atoms with Gasteiger partial charge in [0.05, 0.1) is 11.4 Å². The van der Waals surface area contributed by atoms with Crippen LogP contribution in [0.25, 0.3) is 0 Å². The van der Waals surface area contributed by atoms with E-state index in [0.29, 0.717) is 0 Å². The number of rotatable bonds is 3. The van der Waals surface area contributed by atoms with Gasteiger partial charge in [-0.1, -0.05) is 15.9 Å². The van der Waals surface area contributed by atoms with Gasteiger partial charge in [0.15, 0.2) is 0 Å². The second-order valence-electron chi connectivity index (χ2n) is 7.14. The topological polar surface area (TPSA) is 66.9 Å². The van der Waals surface area contributed by atoms with Crippen molar-refractivity contribution in [1.29, 1.82) is 0 Å². The Bertz CT molecular complexity index is 815. The number of alkyl halides is 1. The minimum absolute atomic E-state index is 0.102. The lowest BCUT2D eigenvalue weighted by Crippen LogP contribution is -2.65. The van der Waals surface area contributed by atoms with Crippen molar-refractivity contribution in [3.8, 4) is 0 Å². The number of hydrogen-bond acceptors (Lipinski definition) is 4. The summed E-state index contributed by atoms with van der Waals surface area (Å²) in [5, 5.41) is 0. The fourth-order valence-electron chi connectivity index (χ4n) is 3.65. The summed E-state index contributed by atoms with van der Waals surface area (Å²) in [4.78, 5) is 13.9. The highest BCUT2D eigenvalue weighted by Gasteiger charge is 2.53. The number of halogens is 2. The molecule has 0 N–H and O–H groups in total. The third-order valence-corrected chi connectivity index (χ3v) is 7.81. The lowest BCUT2D eigenvalue weighted by molar-refractivity contribution is -0.185. The number of piperidine rings is 1. The molecule has 1 aliphatic carbocycles. The average Bonchev–Trinajstić information content (AvgIpc) is 3.44. The summed E-state index contributed by atoms with van der Waals surface area (Å²) in [6.45, 7) is -0.00315. The lowest BCUT2D eigenvalue weighted by atomic mass is 9.88. The van der Waals surface area contributed by atoms with Crippen LogP contribution in [0.5, 0.6) is 0 Å². The molecule has 2 atom stereocenters. The summed E-state index contributed by atoms with van der Waals surface area (Å²) < 4.78 is 48.2. The first-order chi connectivity index (χ1) is 12.3. The summed E-state index contributed by atoms with van der Waals surface area (Å²) in [7, 11) is -3.76. The summed E-state index contributed by atoms with van der Waals surface area (Å²) in [6, 6.07) is 6.49. The van der Waals surface area contributed by atoms with Crippen LogP contribution in [0.4, 0.5) is 4.39 Å². The molecule has 2 heterocycles. The van der Waals surface area contributed by atoms with Crippen LogP contribution in [0.15, 0.2) is 33.6 Å². The molecule has 1 saturated carbocycles. The minimum Gasteiger partial charge on any atom is -0.360 e. The Kier molecular flexibility index (Phi) is 4.61. The Balaban J connectivity index is 1.51. The first kappa shape index (κ1) is 18.3. The molecule has 2 saturated heterocycles. The van der Waals surface area contributed by atoms with Crippen LogP contribution >= 0.6 is 15.9 Å². The van der Waals surface area contributed by atoms with Crippen molar-refractivity contribution in [2.24, 2.45) is 0 Å². The predicted molar refractivity (Wildman–Crippen MR) is 95.8 cm³/mol. The van der Waals surface area contributed by atoms with Gasteiger partial charge < -0.3 is 9.64 Å². The van der Waals surface area contributed by atoms with Crippen molar-refractivity contribution in [3.05, 3.63) is 28.7 Å². The van der Waals surface area contributed by atoms with Gasteiger partial charge in [-0.2, -0.15) is 4.31 Å². The smallest absolute Gasteiger partial charge is 0.248 e. The molecule has 3 fully saturated rings. The zero-order valence-electron chi connectivity index (χ0n) is 14.1. The third kappa shape index (κ3) is 3.19. The molecule has 4 rings (SSSR count). The van der Waals surface area contributed by atoms with Crippen molar-refractivity contribution in [1.82, 2.24) is 9.21 Å². The SMILES string of the molecule is O=C1COC2(CCN(S(=O)(=O)c3ccc(Br)cc3)CC2F)CN1C1CC1. The summed E-state index contributed by atoms with van der Waals surface area (Å²) >= 11 is 3.28. The molecule has 26 heavy (non-hydrogen) atoms. The molecular weight excluding hydrogens is 427 g/mol. The molecule has 2 aliphatic heterocycles. The number of ether oxygens (including phenoxy) is 1. The van der Waals surface area contributed by atoms with Gasteiger partial charge in [0.2, 0.25) is 15.9 Å². The Hall–Kier alpha value is -1.03. The second-order valence-corrected chi connectivity index (χ2v) is 9.99. The molecule has 2 unspecified atom stereocenters. The van der Waals surface area contributed by atoms with Crippen LogP contribution in [0, 0.1) is 0 Å². The molecule has 1 aromatic rings. The lowest BCUT2D eigenvalue weighted by Gasteiger charge is -2.48. The van der Waals surface area contributed by atoms with E-state index in [2.05, 4.69) is 15.9 Å². The van der Waals surface area contributed by atoms with Gasteiger partial charge in [-0.15, -0.1) is 0 Å². The predicted octanol–water partition coefficient (Wildman–Crippen LogP) is 1.94. The Labute approximate surface area is 160 Å². The van der Waals surface area contributed by atoms with Gasteiger partial charge in [-0.05, 0) is 43.5 Å². The van der Waals surface area contributed by atoms with Gasteiger partial charge in [-0.3, -0.25) is 4.79 Å². The first-order valence-electron chi connectivity index (χ1n) is 8.65. The highest BCUT2D eigenvalue weighted by atomic mass is 79.9. The largest absolute Gasteiger partial charge is 0.360 e. The van der Waals surface area contributed by atoms with Crippen molar-refractivity contribution in [2.75, 3.05) is 26.2 Å². The minimum atomic E-state index is -3.76. The molecular formula is C17H20BrFN2O4S. The molecule has 0 aromatic heterocycles. The van der Waals surface area contributed by atoms with Crippen LogP contribution < -0.4 is 0 Å². The van der Waals surface area contributed by atoms with Crippen LogP contribution in [-0.2, 0) is 19.6 Å². The van der Waals surface area contributed by atoms with Gasteiger partial charge >= 0.3 is 0 Å². The molecule has 9 heteroatoms. The quantitative estimate of drug-likeness (QED) is 0.711. The number of sulfonamides is 1. The van der Waals surface area contributed by atoms with Gasteiger partial charge in [0.1, 0.15) is 18.4 Å². The fourth-order valence-corrected chi connectivity index (χ4v) is 5.35. The highest BCUT2D eigenvalue weighted by molar-refractivity contribution is 9.10. The standard InChI is InChI=1S/C17H20BrFN2O4S/c18-12-1-5-14(6-2-12)26(23,24)20-8-7-17(15(19)9-20)11-21(13-3-4-13)16(22)10-25-17/h1-2,5-6,13,15H,3-4,7-11H2. The number of carbonyl (C=O) groups excluding carboxylic acids is 1. The number of benzene rings is 1. The molecule has 6 nitrogen and oxygen atoms in total. The van der Waals surface area contributed by atoms with Crippen molar-refractivity contribution in [2.45, 2.75) is 42.0 Å². The third-order valence-electron chi connectivity index (χ3n) is 5.40. The van der Waals surface area contributed by atoms with Crippen molar-refractivity contribution in [3.63, 3.8) is 0 Å². The van der Waals surface area contributed by atoms with Crippen LogP contribution in [-0.4, -0.2) is 67.6 Å². The van der Waals surface area contributed by atoms with Crippen LogP contribution in [0.2, 0.25) is 0 Å². The molecule has 142 valence electrons. The molecule has 1 spiro atoms. The van der Waals surface area contributed by atoms with Gasteiger partial charge in [0, 0.05) is 23.6 Å². The number of carbonyl (C=O) groups is 1. The van der Waals surface area contributed by atoms with Crippen molar-refractivity contribution >= 4 is 31.9 Å². The maximum Gasteiger partial charge on any atom is 0.248 e. The molecule has 0 radical (unpaired) electrons. The Morgan fingerprint density at radius 1 is 1.23 bits per heavy atom. The summed E-state index contributed by atoms with van der Waals surface area (Å²) in [6.07, 6.45) is 0.655. The monoisotopic (exact) mass is 446 g/mol. The van der Waals surface area contributed by atoms with Crippen LogP contribution in [0.1, 0.15) is 19.3 Å². The van der Waals surface area contributed by atoms with E-state index < -0.39 is 21.8 Å². The van der Waals surface area contributed by atoms with E-state index in [1.54, 1.807) is 17.0 Å². The first-order valence-corrected chi connectivity index (χ1v) is 10.9. The zero-order chi connectivity index (χ0) is 18.5. The van der Waals surface area contributed by atoms with E-state index in [0.717, 1.165) is 17.3 Å². The molecule has 0 bridgehead atoms. The van der Waals surface area contributed by atoms with E-state index in [9.17, 15) is 13.2 Å². The summed E-state index contributed by atoms with van der Waals surface area (Å²) in [5.74, 6) is -0.102. The van der Waals surface area contributed by atoms with E-state index in [4.69, 9.17) is 4.74 Å². The van der Waals surface area contributed by atoms with E-state index in [1.807, 2.05) is 0 Å². The normalized spacial score (nSPS) is 30.8. The number of morpholine rings is 1. The van der Waals surface area contributed by atoms with Crippen molar-refractivity contribution < 1.29 is 22.3 Å². The van der Waals surface area contributed by atoms with Crippen LogP contribution in [0.3, 0.4) is 0 Å². The Morgan fingerprint density at radius 2 is 1.92 bits per heavy atom. The Morgan fingerprint density at radius 3 is 2.54 bits per heavy atom. The average molecular weight is 447 g/mol. The highest BCUT2D eigenvalue weighted by Crippen LogP contribution is 2.38. The molecule has 3 aliphatic rings. The maximum atomic E-state index is 15.1. The van der Waals surface area contributed by atoms with E-state index in [-0.39, 0.29) is 49.5 Å². The number of amides is 1. The molecule has 1 aromatic carbocycles. The van der Waals surface area contributed by atoms with Gasteiger partial charge in [-0.25, -0.2) is 12.8 Å². The van der Waals surface area contributed by atoms with E-state index >= 15 is 4.39 Å². The second kappa shape index (κ2) is 6.54. The van der Waals surface area contributed by atoms with E-state index in [1.165, 1.54) is 16.4 Å². The number of nitrogens with zero attached hydrogens (tertiary/aromatic N) is 2.